The SMILES string of the molecule is O=C(COc1ccc(Cl)cc1Cl)NC1(C(=O)O)CCSC1. The van der Waals surface area contributed by atoms with E-state index in [4.69, 9.17) is 27.9 Å². The first-order chi connectivity index (χ1) is 9.93. The highest BCUT2D eigenvalue weighted by Gasteiger charge is 2.43. The minimum Gasteiger partial charge on any atom is -0.482 e. The molecule has 1 atom stereocenters. The van der Waals surface area contributed by atoms with E-state index in [1.165, 1.54) is 17.8 Å². The molecule has 1 fully saturated rings. The van der Waals surface area contributed by atoms with Crippen LogP contribution in [0.3, 0.4) is 0 Å². The highest BCUT2D eigenvalue weighted by molar-refractivity contribution is 7.99. The molecule has 0 bridgehead atoms. The molecule has 114 valence electrons. The van der Waals surface area contributed by atoms with Crippen LogP contribution in [0, 0.1) is 0 Å². The van der Waals surface area contributed by atoms with E-state index >= 15 is 0 Å². The van der Waals surface area contributed by atoms with Crippen molar-refractivity contribution in [1.82, 2.24) is 5.32 Å². The number of hydrogen-bond donors (Lipinski definition) is 2. The summed E-state index contributed by atoms with van der Waals surface area (Å²) in [6.07, 6.45) is 0.403. The number of halogens is 2. The van der Waals surface area contributed by atoms with Crippen molar-refractivity contribution >= 4 is 46.8 Å². The molecule has 5 nitrogen and oxygen atoms in total. The highest BCUT2D eigenvalue weighted by Crippen LogP contribution is 2.29. The summed E-state index contributed by atoms with van der Waals surface area (Å²) in [6, 6.07) is 4.64. The fourth-order valence-electron chi connectivity index (χ4n) is 1.92. The monoisotopic (exact) mass is 349 g/mol. The number of amides is 1. The molecule has 8 heteroatoms. The Bertz CT molecular complexity index is 561. The van der Waals surface area contributed by atoms with Crippen molar-refractivity contribution in [3.05, 3.63) is 28.2 Å². The fraction of sp³-hybridized carbons (Fsp3) is 0.385. The molecular formula is C13H13Cl2NO4S. The summed E-state index contributed by atoms with van der Waals surface area (Å²) in [5, 5.41) is 12.6. The smallest absolute Gasteiger partial charge is 0.330 e. The number of nitrogens with one attached hydrogen (secondary N) is 1. The van der Waals surface area contributed by atoms with Crippen molar-refractivity contribution in [2.45, 2.75) is 12.0 Å². The first kappa shape index (κ1) is 16.3. The molecule has 1 aromatic rings. The molecule has 1 heterocycles. The maximum Gasteiger partial charge on any atom is 0.330 e. The van der Waals surface area contributed by atoms with Gasteiger partial charge in [-0.25, -0.2) is 4.79 Å². The summed E-state index contributed by atoms with van der Waals surface area (Å²) < 4.78 is 5.29. The number of benzene rings is 1. The average molecular weight is 350 g/mol. The molecular weight excluding hydrogens is 337 g/mol. The van der Waals surface area contributed by atoms with Gasteiger partial charge in [-0.2, -0.15) is 11.8 Å². The predicted octanol–water partition coefficient (Wildman–Crippen LogP) is 2.45. The van der Waals surface area contributed by atoms with Gasteiger partial charge in [-0.3, -0.25) is 4.79 Å². The number of carbonyl (C=O) groups is 2. The molecule has 0 aliphatic carbocycles. The van der Waals surface area contributed by atoms with Crippen LogP contribution in [0.1, 0.15) is 6.42 Å². The second-order valence-electron chi connectivity index (χ2n) is 4.60. The van der Waals surface area contributed by atoms with Crippen LogP contribution in [-0.2, 0) is 9.59 Å². The molecule has 1 amide bonds. The minimum atomic E-state index is -1.20. The number of hydrogen-bond acceptors (Lipinski definition) is 4. The van der Waals surface area contributed by atoms with Crippen molar-refractivity contribution in [2.24, 2.45) is 0 Å². The third-order valence-electron chi connectivity index (χ3n) is 3.06. The van der Waals surface area contributed by atoms with Crippen LogP contribution in [0.5, 0.6) is 5.75 Å². The molecule has 0 aromatic heterocycles. The molecule has 1 unspecified atom stereocenters. The van der Waals surface area contributed by atoms with Crippen molar-refractivity contribution in [3.8, 4) is 5.75 Å². The van der Waals surface area contributed by atoms with Crippen molar-refractivity contribution in [1.29, 1.82) is 0 Å². The van der Waals surface area contributed by atoms with Crippen LogP contribution < -0.4 is 10.1 Å². The Balaban J connectivity index is 1.94. The Kier molecular flexibility index (Phi) is 5.24. The van der Waals surface area contributed by atoms with Crippen molar-refractivity contribution in [3.63, 3.8) is 0 Å². The van der Waals surface area contributed by atoms with Gasteiger partial charge in [-0.1, -0.05) is 23.2 Å². The van der Waals surface area contributed by atoms with E-state index in [-0.39, 0.29) is 6.61 Å². The number of carboxylic acid groups (broad SMARTS) is 1. The first-order valence-corrected chi connectivity index (χ1v) is 8.04. The summed E-state index contributed by atoms with van der Waals surface area (Å²) in [7, 11) is 0. The van der Waals surface area contributed by atoms with E-state index in [0.29, 0.717) is 33.7 Å². The average Bonchev–Trinajstić information content (AvgIpc) is 2.87. The van der Waals surface area contributed by atoms with Crippen molar-refractivity contribution < 1.29 is 19.4 Å². The van der Waals surface area contributed by atoms with Gasteiger partial charge >= 0.3 is 5.97 Å². The van der Waals surface area contributed by atoms with E-state index in [0.717, 1.165) is 0 Å². The van der Waals surface area contributed by atoms with Crippen LogP contribution in [0.4, 0.5) is 0 Å². The number of thioether (sulfide) groups is 1. The maximum atomic E-state index is 11.9. The third kappa shape index (κ3) is 3.96. The summed E-state index contributed by atoms with van der Waals surface area (Å²) in [4.78, 5) is 23.2. The van der Waals surface area contributed by atoms with Crippen molar-refractivity contribution in [2.75, 3.05) is 18.1 Å². The zero-order chi connectivity index (χ0) is 15.5. The molecule has 2 rings (SSSR count). The van der Waals surface area contributed by atoms with Gasteiger partial charge in [0.25, 0.3) is 5.91 Å². The zero-order valence-corrected chi connectivity index (χ0v) is 13.2. The molecule has 1 saturated heterocycles. The lowest BCUT2D eigenvalue weighted by atomic mass is 9.99. The van der Waals surface area contributed by atoms with Gasteiger partial charge < -0.3 is 15.2 Å². The van der Waals surface area contributed by atoms with E-state index < -0.39 is 17.4 Å². The molecule has 2 N–H and O–H groups in total. The Morgan fingerprint density at radius 3 is 2.76 bits per heavy atom. The lowest BCUT2D eigenvalue weighted by Crippen LogP contribution is -2.55. The molecule has 1 aliphatic rings. The summed E-state index contributed by atoms with van der Waals surface area (Å²) >= 11 is 13.2. The van der Waals surface area contributed by atoms with Crippen LogP contribution in [0.25, 0.3) is 0 Å². The molecule has 0 radical (unpaired) electrons. The lowest BCUT2D eigenvalue weighted by Gasteiger charge is -2.24. The van der Waals surface area contributed by atoms with Crippen LogP contribution in [-0.4, -0.2) is 40.6 Å². The summed E-state index contributed by atoms with van der Waals surface area (Å²) in [6.45, 7) is -0.305. The number of carbonyl (C=O) groups excluding carboxylic acids is 1. The van der Waals surface area contributed by atoms with Crippen LogP contribution in [0.2, 0.25) is 10.0 Å². The Morgan fingerprint density at radius 2 is 2.19 bits per heavy atom. The zero-order valence-electron chi connectivity index (χ0n) is 10.9. The first-order valence-electron chi connectivity index (χ1n) is 6.13. The molecule has 21 heavy (non-hydrogen) atoms. The van der Waals surface area contributed by atoms with Gasteiger partial charge in [0.1, 0.15) is 11.3 Å². The fourth-order valence-corrected chi connectivity index (χ4v) is 3.71. The second-order valence-corrected chi connectivity index (χ2v) is 6.55. The largest absolute Gasteiger partial charge is 0.482 e. The normalized spacial score (nSPS) is 21.0. The number of aliphatic carboxylic acids is 1. The molecule has 1 aliphatic heterocycles. The Morgan fingerprint density at radius 1 is 1.43 bits per heavy atom. The Labute approximate surface area is 135 Å². The lowest BCUT2D eigenvalue weighted by molar-refractivity contribution is -0.146. The summed E-state index contributed by atoms with van der Waals surface area (Å²) in [5.74, 6) is -0.135. The Hall–Kier alpha value is -1.11. The molecule has 0 spiro atoms. The van der Waals surface area contributed by atoms with Gasteiger partial charge in [-0.15, -0.1) is 0 Å². The number of ether oxygens (including phenoxy) is 1. The number of carboxylic acids is 1. The third-order valence-corrected chi connectivity index (χ3v) is 4.78. The van der Waals surface area contributed by atoms with Gasteiger partial charge in [-0.05, 0) is 30.4 Å². The van der Waals surface area contributed by atoms with E-state index in [9.17, 15) is 14.7 Å². The van der Waals surface area contributed by atoms with E-state index in [2.05, 4.69) is 5.32 Å². The van der Waals surface area contributed by atoms with Crippen LogP contribution >= 0.6 is 35.0 Å². The van der Waals surface area contributed by atoms with E-state index in [1.54, 1.807) is 12.1 Å². The van der Waals surface area contributed by atoms with Gasteiger partial charge in [0.15, 0.2) is 6.61 Å². The van der Waals surface area contributed by atoms with Crippen LogP contribution in [0.15, 0.2) is 18.2 Å². The van der Waals surface area contributed by atoms with Gasteiger partial charge in [0.05, 0.1) is 5.02 Å². The second kappa shape index (κ2) is 6.77. The molecule has 0 saturated carbocycles. The highest BCUT2D eigenvalue weighted by atomic mass is 35.5. The minimum absolute atomic E-state index is 0.291. The van der Waals surface area contributed by atoms with Gasteiger partial charge in [0, 0.05) is 10.8 Å². The maximum absolute atomic E-state index is 11.9. The van der Waals surface area contributed by atoms with E-state index in [1.807, 2.05) is 0 Å². The van der Waals surface area contributed by atoms with Gasteiger partial charge in [0.2, 0.25) is 0 Å². The quantitative estimate of drug-likeness (QED) is 0.853. The topological polar surface area (TPSA) is 75.6 Å². The summed E-state index contributed by atoms with van der Waals surface area (Å²) in [5.41, 5.74) is -1.20. The number of rotatable bonds is 5. The molecule has 1 aromatic carbocycles. The standard InChI is InChI=1S/C13H13Cl2NO4S/c14-8-1-2-10(9(15)5-8)20-6-11(17)16-13(12(18)19)3-4-21-7-13/h1-2,5H,3-4,6-7H2,(H,16,17)(H,18,19). The predicted molar refractivity (Wildman–Crippen MR) is 82.4 cm³/mol.